The molecule has 0 radical (unpaired) electrons. The molecule has 6 nitrogen and oxygen atoms in total. The normalized spacial score (nSPS) is 14.5. The Morgan fingerprint density at radius 1 is 1.08 bits per heavy atom. The molecular formula is C19H29N3O3. The van der Waals surface area contributed by atoms with Gasteiger partial charge in [-0.2, -0.15) is 0 Å². The van der Waals surface area contributed by atoms with Crippen molar-refractivity contribution in [3.8, 4) is 17.2 Å². The quantitative estimate of drug-likeness (QED) is 0.430. The summed E-state index contributed by atoms with van der Waals surface area (Å²) in [5.41, 5.74) is 0.993. The minimum absolute atomic E-state index is 0.433. The lowest BCUT2D eigenvalue weighted by Gasteiger charge is -2.17. The molecule has 0 saturated carbocycles. The molecule has 138 valence electrons. The fraction of sp³-hybridized carbons (Fsp3) is 0.526. The zero-order valence-electron chi connectivity index (χ0n) is 15.6. The molecule has 0 fully saturated rings. The van der Waals surface area contributed by atoms with Gasteiger partial charge in [0.25, 0.3) is 0 Å². The van der Waals surface area contributed by atoms with Gasteiger partial charge in [0.1, 0.15) is 17.2 Å². The minimum atomic E-state index is 0.433. The second-order valence-corrected chi connectivity index (χ2v) is 5.81. The van der Waals surface area contributed by atoms with Crippen molar-refractivity contribution in [1.82, 2.24) is 10.6 Å². The molecule has 0 amide bonds. The highest BCUT2D eigenvalue weighted by molar-refractivity contribution is 5.80. The molecule has 0 bridgehead atoms. The van der Waals surface area contributed by atoms with Gasteiger partial charge in [-0.15, -0.1) is 0 Å². The summed E-state index contributed by atoms with van der Waals surface area (Å²) in [4.78, 5) is 4.69. The Morgan fingerprint density at radius 3 is 2.24 bits per heavy atom. The number of ether oxygens (including phenoxy) is 3. The van der Waals surface area contributed by atoms with Gasteiger partial charge >= 0.3 is 0 Å². The van der Waals surface area contributed by atoms with Crippen molar-refractivity contribution in [3.63, 3.8) is 0 Å². The van der Waals surface area contributed by atoms with Crippen LogP contribution in [0.1, 0.15) is 25.3 Å². The lowest BCUT2D eigenvalue weighted by Crippen LogP contribution is -2.42. The van der Waals surface area contributed by atoms with Crippen LogP contribution < -0.4 is 24.8 Å². The topological polar surface area (TPSA) is 64.1 Å². The molecule has 25 heavy (non-hydrogen) atoms. The smallest absolute Gasteiger partial charge is 0.191 e. The highest BCUT2D eigenvalue weighted by Crippen LogP contribution is 2.34. The number of nitrogens with zero attached hydrogens (tertiary/aromatic N) is 1. The maximum atomic E-state index is 5.49. The van der Waals surface area contributed by atoms with Crippen molar-refractivity contribution in [2.45, 2.75) is 32.2 Å². The number of guanidine groups is 1. The van der Waals surface area contributed by atoms with E-state index in [2.05, 4.69) is 34.7 Å². The summed E-state index contributed by atoms with van der Waals surface area (Å²) >= 11 is 0. The molecule has 0 unspecified atom stereocenters. The van der Waals surface area contributed by atoms with E-state index in [0.29, 0.717) is 18.3 Å². The summed E-state index contributed by atoms with van der Waals surface area (Å²) in [5, 5.41) is 6.77. The van der Waals surface area contributed by atoms with E-state index >= 15 is 0 Å². The molecule has 0 aromatic heterocycles. The number of benzene rings is 1. The molecule has 2 rings (SSSR count). The third-order valence-corrected chi connectivity index (χ3v) is 4.14. The number of nitrogens with one attached hydrogen (secondary N) is 2. The highest BCUT2D eigenvalue weighted by Gasteiger charge is 2.14. The molecule has 6 heteroatoms. The van der Waals surface area contributed by atoms with E-state index in [4.69, 9.17) is 14.2 Å². The van der Waals surface area contributed by atoms with Crippen LogP contribution >= 0.6 is 0 Å². The van der Waals surface area contributed by atoms with Crippen LogP contribution in [-0.4, -0.2) is 46.4 Å². The number of methoxy groups -OCH3 is 3. The van der Waals surface area contributed by atoms with E-state index in [1.54, 1.807) is 21.3 Å². The first-order valence-electron chi connectivity index (χ1n) is 8.70. The molecular weight excluding hydrogens is 318 g/mol. The van der Waals surface area contributed by atoms with E-state index in [9.17, 15) is 0 Å². The van der Waals surface area contributed by atoms with E-state index in [1.165, 1.54) is 0 Å². The van der Waals surface area contributed by atoms with Crippen LogP contribution in [0.5, 0.6) is 17.2 Å². The molecule has 1 aliphatic carbocycles. The second-order valence-electron chi connectivity index (χ2n) is 5.81. The van der Waals surface area contributed by atoms with Gasteiger partial charge in [0.2, 0.25) is 0 Å². The Kier molecular flexibility index (Phi) is 7.44. The van der Waals surface area contributed by atoms with Crippen LogP contribution in [-0.2, 0) is 6.42 Å². The number of hydrogen-bond acceptors (Lipinski definition) is 4. The molecule has 1 aromatic carbocycles. The molecule has 1 aromatic rings. The summed E-state index contributed by atoms with van der Waals surface area (Å²) in [6.07, 6.45) is 7.22. The van der Waals surface area contributed by atoms with Crippen LogP contribution in [0.25, 0.3) is 0 Å². The largest absolute Gasteiger partial charge is 0.496 e. The van der Waals surface area contributed by atoms with Crippen molar-refractivity contribution < 1.29 is 14.2 Å². The Balaban J connectivity index is 2.07. The van der Waals surface area contributed by atoms with Crippen molar-refractivity contribution in [1.29, 1.82) is 0 Å². The third-order valence-electron chi connectivity index (χ3n) is 4.14. The van der Waals surface area contributed by atoms with Crippen LogP contribution in [0.4, 0.5) is 0 Å². The van der Waals surface area contributed by atoms with Crippen LogP contribution in [0.2, 0.25) is 0 Å². The maximum Gasteiger partial charge on any atom is 0.191 e. The number of aliphatic imine (C=N–C) groups is 1. The van der Waals surface area contributed by atoms with Gasteiger partial charge in [-0.05, 0) is 26.2 Å². The number of hydrogen-bond donors (Lipinski definition) is 2. The predicted octanol–water partition coefficient (Wildman–Crippen LogP) is 2.53. The minimum Gasteiger partial charge on any atom is -0.496 e. The molecule has 2 N–H and O–H groups in total. The molecule has 0 atom stereocenters. The Hall–Kier alpha value is -2.37. The van der Waals surface area contributed by atoms with Gasteiger partial charge in [-0.25, -0.2) is 0 Å². The van der Waals surface area contributed by atoms with Gasteiger partial charge in [0, 0.05) is 36.8 Å². The van der Waals surface area contributed by atoms with Gasteiger partial charge in [-0.1, -0.05) is 12.2 Å². The maximum absolute atomic E-state index is 5.49. The van der Waals surface area contributed by atoms with Gasteiger partial charge < -0.3 is 24.8 Å². The lowest BCUT2D eigenvalue weighted by molar-refractivity contribution is 0.369. The molecule has 0 saturated heterocycles. The van der Waals surface area contributed by atoms with Crippen molar-refractivity contribution >= 4 is 5.96 Å². The van der Waals surface area contributed by atoms with Crippen LogP contribution in [0, 0.1) is 0 Å². The van der Waals surface area contributed by atoms with E-state index in [-0.39, 0.29) is 0 Å². The van der Waals surface area contributed by atoms with Crippen molar-refractivity contribution in [2.75, 3.05) is 34.4 Å². The van der Waals surface area contributed by atoms with Gasteiger partial charge in [-0.3, -0.25) is 4.99 Å². The van der Waals surface area contributed by atoms with Crippen molar-refractivity contribution in [3.05, 3.63) is 29.8 Å². The molecule has 0 aliphatic heterocycles. The average Bonchev–Trinajstić information content (AvgIpc) is 3.14. The second kappa shape index (κ2) is 9.81. The van der Waals surface area contributed by atoms with Gasteiger partial charge in [0.05, 0.1) is 21.3 Å². The Morgan fingerprint density at radius 2 is 1.72 bits per heavy atom. The molecule has 0 spiro atoms. The molecule has 1 aliphatic rings. The van der Waals surface area contributed by atoms with Gasteiger partial charge in [0.15, 0.2) is 5.96 Å². The van der Waals surface area contributed by atoms with E-state index in [1.807, 2.05) is 12.1 Å². The molecule has 0 heterocycles. The standard InChI is InChI=1S/C19H29N3O3/c1-5-20-19(22-14-8-6-7-9-14)21-11-10-16-17(24-3)12-15(23-2)13-18(16)25-4/h6-7,12-14H,5,8-11H2,1-4H3,(H2,20,21,22). The summed E-state index contributed by atoms with van der Waals surface area (Å²) < 4.78 is 16.3. The van der Waals surface area contributed by atoms with Crippen molar-refractivity contribution in [2.24, 2.45) is 4.99 Å². The number of rotatable bonds is 8. The fourth-order valence-electron chi connectivity index (χ4n) is 2.85. The average molecular weight is 347 g/mol. The summed E-state index contributed by atoms with van der Waals surface area (Å²) in [6, 6.07) is 4.17. The first-order valence-corrected chi connectivity index (χ1v) is 8.70. The predicted molar refractivity (Wildman–Crippen MR) is 101 cm³/mol. The zero-order chi connectivity index (χ0) is 18.1. The van der Waals surface area contributed by atoms with E-state index < -0.39 is 0 Å². The van der Waals surface area contributed by atoms with Crippen LogP contribution in [0.15, 0.2) is 29.3 Å². The first-order chi connectivity index (χ1) is 12.2. The third kappa shape index (κ3) is 5.31. The van der Waals surface area contributed by atoms with Crippen LogP contribution in [0.3, 0.4) is 0 Å². The zero-order valence-corrected chi connectivity index (χ0v) is 15.6. The Bertz CT molecular complexity index is 581. The summed E-state index contributed by atoms with van der Waals surface area (Å²) in [7, 11) is 4.93. The Labute approximate surface area is 150 Å². The summed E-state index contributed by atoms with van der Waals surface area (Å²) in [5.74, 6) is 3.07. The highest BCUT2D eigenvalue weighted by atomic mass is 16.5. The monoisotopic (exact) mass is 347 g/mol. The fourth-order valence-corrected chi connectivity index (χ4v) is 2.85. The lowest BCUT2D eigenvalue weighted by atomic mass is 10.1. The first kappa shape index (κ1) is 19.0. The van der Waals surface area contributed by atoms with E-state index in [0.717, 1.165) is 48.8 Å². The SMILES string of the molecule is CCNC(=NCCc1c(OC)cc(OC)cc1OC)NC1CC=CC1. The summed E-state index contributed by atoms with van der Waals surface area (Å²) in [6.45, 7) is 3.54.